The van der Waals surface area contributed by atoms with Crippen molar-refractivity contribution in [3.8, 4) is 17.2 Å². The van der Waals surface area contributed by atoms with Crippen molar-refractivity contribution < 1.29 is 27.4 Å². The molecule has 1 aromatic heterocycles. The highest BCUT2D eigenvalue weighted by molar-refractivity contribution is 5.86. The second kappa shape index (κ2) is 11.1. The fourth-order valence-corrected chi connectivity index (χ4v) is 3.24. The molecule has 0 spiro atoms. The molecule has 2 aromatic carbocycles. The molecule has 3 rings (SSSR count). The van der Waals surface area contributed by atoms with Crippen LogP contribution < -0.4 is 14.2 Å². The van der Waals surface area contributed by atoms with E-state index in [4.69, 9.17) is 19.2 Å². The first-order valence-corrected chi connectivity index (χ1v) is 10.8. The van der Waals surface area contributed by atoms with Crippen molar-refractivity contribution in [3.63, 3.8) is 0 Å². The molecule has 0 aliphatic heterocycles. The SMILES string of the molecule is CCCCOc1c(C)c(COc2cccc(OCCCC(F)(F)F)c2)nc2ccccc12. The normalized spacial score (nSPS) is 11.5. The highest BCUT2D eigenvalue weighted by Crippen LogP contribution is 2.31. The summed E-state index contributed by atoms with van der Waals surface area (Å²) < 4.78 is 54.2. The van der Waals surface area contributed by atoms with E-state index < -0.39 is 12.6 Å². The average Bonchev–Trinajstić information content (AvgIpc) is 2.77. The van der Waals surface area contributed by atoms with Crippen LogP contribution in [0.3, 0.4) is 0 Å². The topological polar surface area (TPSA) is 40.6 Å². The van der Waals surface area contributed by atoms with Gasteiger partial charge in [-0.2, -0.15) is 13.2 Å². The molecule has 4 nitrogen and oxygen atoms in total. The zero-order valence-electron chi connectivity index (χ0n) is 18.4. The molecule has 0 aliphatic rings. The highest BCUT2D eigenvalue weighted by atomic mass is 19.4. The van der Waals surface area contributed by atoms with Gasteiger partial charge >= 0.3 is 6.18 Å². The monoisotopic (exact) mass is 447 g/mol. The molecule has 0 saturated heterocycles. The van der Waals surface area contributed by atoms with Crippen molar-refractivity contribution in [1.82, 2.24) is 4.98 Å². The van der Waals surface area contributed by atoms with Crippen LogP contribution in [0, 0.1) is 6.92 Å². The Labute approximate surface area is 186 Å². The van der Waals surface area contributed by atoms with Crippen molar-refractivity contribution in [1.29, 1.82) is 0 Å². The number of alkyl halides is 3. The van der Waals surface area contributed by atoms with Gasteiger partial charge in [-0.1, -0.05) is 31.5 Å². The van der Waals surface area contributed by atoms with E-state index in [1.807, 2.05) is 31.2 Å². The molecule has 0 saturated carbocycles. The third-order valence-corrected chi connectivity index (χ3v) is 4.98. The average molecular weight is 447 g/mol. The molecule has 0 fully saturated rings. The van der Waals surface area contributed by atoms with Gasteiger partial charge in [0.1, 0.15) is 23.9 Å². The number of hydrogen-bond donors (Lipinski definition) is 0. The van der Waals surface area contributed by atoms with Crippen LogP contribution in [0.2, 0.25) is 0 Å². The Kier molecular flexibility index (Phi) is 8.20. The fraction of sp³-hybridized carbons (Fsp3) is 0.400. The number of fused-ring (bicyclic) bond motifs is 1. The quantitative estimate of drug-likeness (QED) is 0.296. The molecule has 0 radical (unpaired) electrons. The number of hydrogen-bond acceptors (Lipinski definition) is 4. The lowest BCUT2D eigenvalue weighted by Gasteiger charge is -2.16. The van der Waals surface area contributed by atoms with Crippen LogP contribution in [0.1, 0.15) is 43.9 Å². The Morgan fingerprint density at radius 1 is 0.875 bits per heavy atom. The summed E-state index contributed by atoms with van der Waals surface area (Å²) in [6.07, 6.45) is -3.10. The van der Waals surface area contributed by atoms with E-state index in [-0.39, 0.29) is 19.6 Å². The molecule has 0 aliphatic carbocycles. The summed E-state index contributed by atoms with van der Waals surface area (Å²) >= 11 is 0. The Morgan fingerprint density at radius 2 is 1.59 bits per heavy atom. The van der Waals surface area contributed by atoms with E-state index in [1.165, 1.54) is 0 Å². The van der Waals surface area contributed by atoms with Crippen molar-refractivity contribution >= 4 is 10.9 Å². The van der Waals surface area contributed by atoms with Crippen molar-refractivity contribution in [2.45, 2.75) is 52.3 Å². The molecule has 0 unspecified atom stereocenters. The zero-order valence-corrected chi connectivity index (χ0v) is 18.4. The number of unbranched alkanes of at least 4 members (excludes halogenated alkanes) is 1. The predicted octanol–water partition coefficient (Wildman–Crippen LogP) is 7.02. The van der Waals surface area contributed by atoms with Crippen LogP contribution in [0.5, 0.6) is 17.2 Å². The molecular formula is C25H28F3NO3. The third-order valence-electron chi connectivity index (χ3n) is 4.98. The lowest BCUT2D eigenvalue weighted by molar-refractivity contribution is -0.136. The summed E-state index contributed by atoms with van der Waals surface area (Å²) in [5.74, 6) is 1.85. The van der Waals surface area contributed by atoms with Crippen LogP contribution >= 0.6 is 0 Å². The number of benzene rings is 2. The number of halogens is 3. The van der Waals surface area contributed by atoms with Crippen molar-refractivity contribution in [2.75, 3.05) is 13.2 Å². The van der Waals surface area contributed by atoms with Gasteiger partial charge in [-0.05, 0) is 44.0 Å². The van der Waals surface area contributed by atoms with Crippen LogP contribution in [-0.4, -0.2) is 24.4 Å². The maximum Gasteiger partial charge on any atom is 0.389 e. The van der Waals surface area contributed by atoms with Crippen molar-refractivity contribution in [2.24, 2.45) is 0 Å². The van der Waals surface area contributed by atoms with Gasteiger partial charge in [0.15, 0.2) is 0 Å². The summed E-state index contributed by atoms with van der Waals surface area (Å²) in [7, 11) is 0. The van der Waals surface area contributed by atoms with Gasteiger partial charge in [0, 0.05) is 23.4 Å². The van der Waals surface area contributed by atoms with E-state index >= 15 is 0 Å². The molecule has 1 heterocycles. The molecule has 0 bridgehead atoms. The summed E-state index contributed by atoms with van der Waals surface area (Å²) in [5.41, 5.74) is 2.54. The summed E-state index contributed by atoms with van der Waals surface area (Å²) in [6.45, 7) is 4.96. The number of pyridine rings is 1. The van der Waals surface area contributed by atoms with Gasteiger partial charge in [0.25, 0.3) is 0 Å². The van der Waals surface area contributed by atoms with Crippen molar-refractivity contribution in [3.05, 3.63) is 59.8 Å². The summed E-state index contributed by atoms with van der Waals surface area (Å²) in [5, 5.41) is 0.971. The van der Waals surface area contributed by atoms with Crippen LogP contribution in [-0.2, 0) is 6.61 Å². The maximum absolute atomic E-state index is 12.3. The van der Waals surface area contributed by atoms with E-state index in [0.717, 1.165) is 40.8 Å². The van der Waals surface area contributed by atoms with E-state index in [1.54, 1.807) is 24.3 Å². The first-order chi connectivity index (χ1) is 15.4. The zero-order chi connectivity index (χ0) is 23.0. The maximum atomic E-state index is 12.3. The minimum atomic E-state index is -4.17. The largest absolute Gasteiger partial charge is 0.493 e. The van der Waals surface area contributed by atoms with Gasteiger partial charge < -0.3 is 14.2 Å². The number of para-hydroxylation sites is 1. The van der Waals surface area contributed by atoms with Gasteiger partial charge in [0.05, 0.1) is 24.4 Å². The summed E-state index contributed by atoms with van der Waals surface area (Å²) in [4.78, 5) is 4.74. The lowest BCUT2D eigenvalue weighted by atomic mass is 10.1. The second-order valence-electron chi connectivity index (χ2n) is 7.56. The fourth-order valence-electron chi connectivity index (χ4n) is 3.24. The Balaban J connectivity index is 1.68. The first kappa shape index (κ1) is 23.7. The Bertz CT molecular complexity index is 1020. The van der Waals surface area contributed by atoms with Crippen LogP contribution in [0.25, 0.3) is 10.9 Å². The number of aromatic nitrogens is 1. The number of nitrogens with zero attached hydrogens (tertiary/aromatic N) is 1. The highest BCUT2D eigenvalue weighted by Gasteiger charge is 2.26. The van der Waals surface area contributed by atoms with Crippen LogP contribution in [0.15, 0.2) is 48.5 Å². The minimum absolute atomic E-state index is 0.00718. The molecule has 7 heteroatoms. The molecule has 0 atom stereocenters. The third kappa shape index (κ3) is 6.77. The van der Waals surface area contributed by atoms with E-state index in [0.29, 0.717) is 18.1 Å². The molecule has 32 heavy (non-hydrogen) atoms. The van der Waals surface area contributed by atoms with Crippen LogP contribution in [0.4, 0.5) is 13.2 Å². The van der Waals surface area contributed by atoms with Gasteiger partial charge in [-0.25, -0.2) is 4.98 Å². The smallest absolute Gasteiger partial charge is 0.389 e. The van der Waals surface area contributed by atoms with E-state index in [2.05, 4.69) is 6.92 Å². The second-order valence-corrected chi connectivity index (χ2v) is 7.56. The first-order valence-electron chi connectivity index (χ1n) is 10.8. The number of ether oxygens (including phenoxy) is 3. The van der Waals surface area contributed by atoms with Gasteiger partial charge in [0.2, 0.25) is 0 Å². The number of rotatable bonds is 11. The minimum Gasteiger partial charge on any atom is -0.493 e. The Hall–Kier alpha value is -2.96. The molecular weight excluding hydrogens is 419 g/mol. The van der Waals surface area contributed by atoms with E-state index in [9.17, 15) is 13.2 Å². The standard InChI is InChI=1S/C25H28F3NO3/c1-3-4-14-31-24-18(2)23(29-22-12-6-5-11-21(22)24)17-32-20-10-7-9-19(16-20)30-15-8-13-25(26,27)28/h5-7,9-12,16H,3-4,8,13-15,17H2,1-2H3. The summed E-state index contributed by atoms with van der Waals surface area (Å²) in [6, 6.07) is 14.7. The molecule has 172 valence electrons. The van der Waals surface area contributed by atoms with Gasteiger partial charge in [-0.3, -0.25) is 0 Å². The molecule has 0 N–H and O–H groups in total. The molecule has 3 aromatic rings. The Morgan fingerprint density at radius 3 is 2.34 bits per heavy atom. The molecule has 0 amide bonds. The lowest BCUT2D eigenvalue weighted by Crippen LogP contribution is -2.09. The predicted molar refractivity (Wildman–Crippen MR) is 118 cm³/mol. The van der Waals surface area contributed by atoms with Gasteiger partial charge in [-0.15, -0.1) is 0 Å².